The fourth-order valence-corrected chi connectivity index (χ4v) is 2.98. The van der Waals surface area contributed by atoms with Crippen molar-refractivity contribution in [2.45, 2.75) is 57.9 Å². The van der Waals surface area contributed by atoms with Crippen LogP contribution in [0.3, 0.4) is 0 Å². The van der Waals surface area contributed by atoms with Crippen LogP contribution in [0.15, 0.2) is 24.3 Å². The largest absolute Gasteiger partial charge is 0.303 e. The molecule has 1 atom stereocenters. The Morgan fingerprint density at radius 2 is 1.89 bits per heavy atom. The number of benzene rings is 1. The topological polar surface area (TPSA) is 3.24 Å². The molecule has 1 aliphatic rings. The molecule has 1 nitrogen and oxygen atoms in total. The third-order valence-corrected chi connectivity index (χ3v) is 4.29. The van der Waals surface area contributed by atoms with Gasteiger partial charge in [-0.2, -0.15) is 0 Å². The van der Waals surface area contributed by atoms with Crippen LogP contribution >= 0.6 is 0 Å². The molecule has 0 saturated carbocycles. The summed E-state index contributed by atoms with van der Waals surface area (Å²) < 4.78 is 0. The molecule has 1 heteroatoms. The molecule has 0 aromatic heterocycles. The molecule has 0 spiro atoms. The molecule has 1 saturated heterocycles. The average Bonchev–Trinajstić information content (AvgIpc) is 2.77. The van der Waals surface area contributed by atoms with Crippen LogP contribution < -0.4 is 0 Å². The minimum Gasteiger partial charge on any atom is -0.303 e. The Labute approximate surface area is 112 Å². The molecule has 1 fully saturated rings. The highest BCUT2D eigenvalue weighted by Gasteiger charge is 2.19. The average molecular weight is 245 g/mol. The van der Waals surface area contributed by atoms with Gasteiger partial charge in [-0.3, -0.25) is 0 Å². The molecule has 0 aliphatic carbocycles. The maximum absolute atomic E-state index is 2.54. The standard InChI is InChI=1S/C17H27N/c1-15-10-12-16(13-11-15)7-4-3-5-8-17-9-6-14-18(17)2/h10-13,17H,3-9,14H2,1-2H3/t17-/m0/s1. The fraction of sp³-hybridized carbons (Fsp3) is 0.647. The molecular weight excluding hydrogens is 218 g/mol. The summed E-state index contributed by atoms with van der Waals surface area (Å²) in [5, 5.41) is 0. The lowest BCUT2D eigenvalue weighted by Crippen LogP contribution is -2.24. The van der Waals surface area contributed by atoms with Crippen molar-refractivity contribution in [3.63, 3.8) is 0 Å². The first-order valence-corrected chi connectivity index (χ1v) is 7.51. The highest BCUT2D eigenvalue weighted by Crippen LogP contribution is 2.20. The molecule has 18 heavy (non-hydrogen) atoms. The summed E-state index contributed by atoms with van der Waals surface area (Å²) >= 11 is 0. The van der Waals surface area contributed by atoms with Gasteiger partial charge in [0, 0.05) is 6.04 Å². The molecule has 0 unspecified atom stereocenters. The Bertz CT molecular complexity index is 341. The zero-order valence-electron chi connectivity index (χ0n) is 12.0. The summed E-state index contributed by atoms with van der Waals surface area (Å²) in [6, 6.07) is 9.88. The van der Waals surface area contributed by atoms with Gasteiger partial charge in [-0.25, -0.2) is 0 Å². The lowest BCUT2D eigenvalue weighted by Gasteiger charge is -2.18. The van der Waals surface area contributed by atoms with E-state index in [9.17, 15) is 0 Å². The summed E-state index contributed by atoms with van der Waals surface area (Å²) in [6.07, 6.45) is 9.63. The van der Waals surface area contributed by atoms with Crippen LogP contribution in [0.4, 0.5) is 0 Å². The van der Waals surface area contributed by atoms with Crippen LogP contribution in [0, 0.1) is 6.92 Å². The van der Waals surface area contributed by atoms with Gasteiger partial charge in [0.25, 0.3) is 0 Å². The Balaban J connectivity index is 1.57. The lowest BCUT2D eigenvalue weighted by atomic mass is 10.0. The smallest absolute Gasteiger partial charge is 0.00926 e. The van der Waals surface area contributed by atoms with E-state index in [1.54, 1.807) is 0 Å². The molecule has 0 amide bonds. The van der Waals surface area contributed by atoms with E-state index >= 15 is 0 Å². The molecular formula is C17H27N. The summed E-state index contributed by atoms with van der Waals surface area (Å²) in [7, 11) is 2.28. The van der Waals surface area contributed by atoms with E-state index in [4.69, 9.17) is 0 Å². The minimum absolute atomic E-state index is 0.879. The number of aryl methyl sites for hydroxylation is 2. The van der Waals surface area contributed by atoms with E-state index in [2.05, 4.69) is 43.1 Å². The molecule has 1 heterocycles. The summed E-state index contributed by atoms with van der Waals surface area (Å²) in [5.41, 5.74) is 2.86. The van der Waals surface area contributed by atoms with E-state index in [0.29, 0.717) is 0 Å². The molecule has 0 N–H and O–H groups in total. The minimum atomic E-state index is 0.879. The van der Waals surface area contributed by atoms with Crippen LogP contribution in [0.2, 0.25) is 0 Å². The van der Waals surface area contributed by atoms with Gasteiger partial charge >= 0.3 is 0 Å². The molecule has 1 aromatic rings. The Morgan fingerprint density at radius 1 is 1.11 bits per heavy atom. The maximum Gasteiger partial charge on any atom is 0.00926 e. The van der Waals surface area contributed by atoms with Gasteiger partial charge in [0.2, 0.25) is 0 Å². The monoisotopic (exact) mass is 245 g/mol. The number of rotatable bonds is 6. The third-order valence-electron chi connectivity index (χ3n) is 4.29. The van der Waals surface area contributed by atoms with Crippen LogP contribution in [0.5, 0.6) is 0 Å². The zero-order chi connectivity index (χ0) is 12.8. The van der Waals surface area contributed by atoms with Crippen molar-refractivity contribution in [1.82, 2.24) is 4.90 Å². The van der Waals surface area contributed by atoms with Gasteiger partial charge in [-0.05, 0) is 58.2 Å². The van der Waals surface area contributed by atoms with Gasteiger partial charge < -0.3 is 4.90 Å². The van der Waals surface area contributed by atoms with Crippen molar-refractivity contribution in [2.24, 2.45) is 0 Å². The van der Waals surface area contributed by atoms with E-state index < -0.39 is 0 Å². The van der Waals surface area contributed by atoms with Gasteiger partial charge in [0.05, 0.1) is 0 Å². The Morgan fingerprint density at radius 3 is 2.56 bits per heavy atom. The van der Waals surface area contributed by atoms with Crippen molar-refractivity contribution >= 4 is 0 Å². The van der Waals surface area contributed by atoms with Gasteiger partial charge in [0.1, 0.15) is 0 Å². The summed E-state index contributed by atoms with van der Waals surface area (Å²) in [5.74, 6) is 0. The predicted octanol–water partition coefficient (Wildman–Crippen LogP) is 4.19. The number of unbranched alkanes of at least 4 members (excludes halogenated alkanes) is 2. The van der Waals surface area contributed by atoms with Crippen molar-refractivity contribution < 1.29 is 0 Å². The zero-order valence-corrected chi connectivity index (χ0v) is 12.0. The first-order valence-electron chi connectivity index (χ1n) is 7.51. The number of hydrogen-bond acceptors (Lipinski definition) is 1. The molecule has 0 bridgehead atoms. The maximum atomic E-state index is 2.54. The highest BCUT2D eigenvalue weighted by molar-refractivity contribution is 5.21. The SMILES string of the molecule is Cc1ccc(CCCCC[C@H]2CCCN2C)cc1. The molecule has 2 rings (SSSR count). The van der Waals surface area contributed by atoms with E-state index in [1.165, 1.54) is 62.6 Å². The summed E-state index contributed by atoms with van der Waals surface area (Å²) in [4.78, 5) is 2.54. The van der Waals surface area contributed by atoms with Crippen LogP contribution in [0.1, 0.15) is 49.7 Å². The second-order valence-corrected chi connectivity index (χ2v) is 5.86. The molecule has 0 radical (unpaired) electrons. The van der Waals surface area contributed by atoms with Crippen LogP contribution in [-0.2, 0) is 6.42 Å². The third kappa shape index (κ3) is 4.13. The van der Waals surface area contributed by atoms with E-state index in [0.717, 1.165) is 6.04 Å². The Kier molecular flexibility index (Phi) is 5.25. The van der Waals surface area contributed by atoms with E-state index in [-0.39, 0.29) is 0 Å². The molecule has 100 valence electrons. The normalized spacial score (nSPS) is 20.4. The van der Waals surface area contributed by atoms with Gasteiger partial charge in [0.15, 0.2) is 0 Å². The van der Waals surface area contributed by atoms with Crippen molar-refractivity contribution in [1.29, 1.82) is 0 Å². The highest BCUT2D eigenvalue weighted by atomic mass is 15.1. The number of nitrogens with zero attached hydrogens (tertiary/aromatic N) is 1. The fourth-order valence-electron chi connectivity index (χ4n) is 2.98. The predicted molar refractivity (Wildman–Crippen MR) is 79.0 cm³/mol. The van der Waals surface area contributed by atoms with Crippen molar-refractivity contribution in [2.75, 3.05) is 13.6 Å². The second-order valence-electron chi connectivity index (χ2n) is 5.86. The molecule has 1 aromatic carbocycles. The van der Waals surface area contributed by atoms with Crippen LogP contribution in [-0.4, -0.2) is 24.5 Å². The number of likely N-dealkylation sites (tertiary alicyclic amines) is 1. The number of hydrogen-bond donors (Lipinski definition) is 0. The van der Waals surface area contributed by atoms with Crippen molar-refractivity contribution in [3.8, 4) is 0 Å². The van der Waals surface area contributed by atoms with Crippen molar-refractivity contribution in [3.05, 3.63) is 35.4 Å². The Hall–Kier alpha value is -0.820. The quantitative estimate of drug-likeness (QED) is 0.679. The van der Waals surface area contributed by atoms with Gasteiger partial charge in [-0.15, -0.1) is 0 Å². The van der Waals surface area contributed by atoms with Crippen LogP contribution in [0.25, 0.3) is 0 Å². The first kappa shape index (κ1) is 13.6. The first-order chi connectivity index (χ1) is 8.75. The second kappa shape index (κ2) is 6.94. The van der Waals surface area contributed by atoms with Gasteiger partial charge in [-0.1, -0.05) is 42.7 Å². The van der Waals surface area contributed by atoms with E-state index in [1.807, 2.05) is 0 Å². The molecule has 1 aliphatic heterocycles. The summed E-state index contributed by atoms with van der Waals surface area (Å²) in [6.45, 7) is 3.47. The lowest BCUT2D eigenvalue weighted by molar-refractivity contribution is 0.289.